The van der Waals surface area contributed by atoms with Gasteiger partial charge in [0.15, 0.2) is 0 Å². The first-order valence-electron chi connectivity index (χ1n) is 4.06. The van der Waals surface area contributed by atoms with Gasteiger partial charge in [0.05, 0.1) is 0 Å². The van der Waals surface area contributed by atoms with Crippen LogP contribution in [0.3, 0.4) is 0 Å². The smallest absolute Gasteiger partial charge is 0.0313 e. The quantitative estimate of drug-likeness (QED) is 0.494. The Bertz CT molecular complexity index is 97.8. The molecular formula is C8H16P2. The molecule has 0 aliphatic carbocycles. The van der Waals surface area contributed by atoms with Gasteiger partial charge < -0.3 is 0 Å². The van der Waals surface area contributed by atoms with Crippen LogP contribution in [-0.2, 0) is 0 Å². The van der Waals surface area contributed by atoms with Crippen molar-refractivity contribution in [2.75, 3.05) is 12.3 Å². The lowest BCUT2D eigenvalue weighted by Crippen LogP contribution is -1.78. The van der Waals surface area contributed by atoms with E-state index in [0.717, 1.165) is 17.2 Å². The summed E-state index contributed by atoms with van der Waals surface area (Å²) in [5.41, 5.74) is 0. The lowest BCUT2D eigenvalue weighted by molar-refractivity contribution is 0.711. The van der Waals surface area contributed by atoms with Crippen LogP contribution in [0.15, 0.2) is 11.6 Å². The molecule has 10 heavy (non-hydrogen) atoms. The van der Waals surface area contributed by atoms with Crippen LogP contribution in [-0.4, -0.2) is 12.3 Å². The van der Waals surface area contributed by atoms with Gasteiger partial charge in [-0.3, -0.25) is 0 Å². The second-order valence-electron chi connectivity index (χ2n) is 2.75. The van der Waals surface area contributed by atoms with E-state index in [2.05, 4.69) is 6.58 Å². The van der Waals surface area contributed by atoms with Gasteiger partial charge in [-0.15, -0.1) is 0 Å². The molecule has 0 aromatic carbocycles. The van der Waals surface area contributed by atoms with Gasteiger partial charge in [-0.1, -0.05) is 36.6 Å². The summed E-state index contributed by atoms with van der Waals surface area (Å²) >= 11 is 0. The van der Waals surface area contributed by atoms with Crippen LogP contribution < -0.4 is 0 Å². The van der Waals surface area contributed by atoms with Crippen LogP contribution >= 0.6 is 17.2 Å². The topological polar surface area (TPSA) is 0 Å². The van der Waals surface area contributed by atoms with Crippen LogP contribution in [0.4, 0.5) is 0 Å². The molecule has 0 radical (unpaired) electrons. The lowest BCUT2D eigenvalue weighted by Gasteiger charge is -2.00. The van der Waals surface area contributed by atoms with Crippen molar-refractivity contribution in [3.63, 3.8) is 0 Å². The van der Waals surface area contributed by atoms with Crippen LogP contribution in [0.5, 0.6) is 0 Å². The van der Waals surface area contributed by atoms with Gasteiger partial charge in [-0.2, -0.15) is 0 Å². The second kappa shape index (κ2) is 5.28. The van der Waals surface area contributed by atoms with E-state index in [0.29, 0.717) is 0 Å². The molecule has 0 spiro atoms. The van der Waals surface area contributed by atoms with Crippen molar-refractivity contribution in [1.29, 1.82) is 0 Å². The van der Waals surface area contributed by atoms with Crippen molar-refractivity contribution in [2.45, 2.75) is 25.7 Å². The third-order valence-corrected chi connectivity index (χ3v) is 4.90. The molecule has 1 fully saturated rings. The molecule has 1 aliphatic heterocycles. The highest BCUT2D eigenvalue weighted by molar-refractivity contribution is 7.64. The van der Waals surface area contributed by atoms with Crippen LogP contribution in [0.2, 0.25) is 0 Å². The summed E-state index contributed by atoms with van der Waals surface area (Å²) in [5.74, 6) is 0. The second-order valence-corrected chi connectivity index (χ2v) is 6.16. The Morgan fingerprint density at radius 2 is 1.40 bits per heavy atom. The largest absolute Gasteiger partial charge is 0.0914 e. The van der Waals surface area contributed by atoms with Crippen molar-refractivity contribution < 1.29 is 0 Å². The van der Waals surface area contributed by atoms with Gasteiger partial charge in [-0.25, -0.2) is 0 Å². The van der Waals surface area contributed by atoms with Gasteiger partial charge in [-0.05, 0) is 30.2 Å². The zero-order valence-electron chi connectivity index (χ0n) is 6.45. The van der Waals surface area contributed by atoms with E-state index in [1.807, 2.05) is 0 Å². The molecule has 1 saturated heterocycles. The zero-order chi connectivity index (χ0) is 7.23. The minimum atomic E-state index is 1.08. The van der Waals surface area contributed by atoms with E-state index in [9.17, 15) is 0 Å². The highest BCUT2D eigenvalue weighted by atomic mass is 31.1. The zero-order valence-corrected chi connectivity index (χ0v) is 8.45. The summed E-state index contributed by atoms with van der Waals surface area (Å²) in [6.45, 7) is 4.08. The Hall–Kier alpha value is 0.600. The Labute approximate surface area is 67.4 Å². The first-order chi connectivity index (χ1) is 4.89. The van der Waals surface area contributed by atoms with E-state index < -0.39 is 0 Å². The summed E-state index contributed by atoms with van der Waals surface area (Å²) in [6.07, 6.45) is 8.66. The third kappa shape index (κ3) is 3.69. The summed E-state index contributed by atoms with van der Waals surface area (Å²) in [7, 11) is 2.16. The Morgan fingerprint density at radius 1 is 0.900 bits per heavy atom. The van der Waals surface area contributed by atoms with Crippen LogP contribution in [0.25, 0.3) is 0 Å². The van der Waals surface area contributed by atoms with E-state index >= 15 is 0 Å². The molecule has 0 nitrogen and oxygen atoms in total. The molecule has 0 bridgehead atoms. The molecule has 0 N–H and O–H groups in total. The number of rotatable bonds is 0. The Kier molecular flexibility index (Phi) is 4.59. The molecule has 0 saturated carbocycles. The van der Waals surface area contributed by atoms with Crippen molar-refractivity contribution in [3.05, 3.63) is 11.6 Å². The number of hydrogen-bond acceptors (Lipinski definition) is 0. The van der Waals surface area contributed by atoms with Crippen molar-refractivity contribution in [1.82, 2.24) is 0 Å². The highest BCUT2D eigenvalue weighted by Crippen LogP contribution is 2.39. The fourth-order valence-electron chi connectivity index (χ4n) is 1.14. The first-order valence-corrected chi connectivity index (χ1v) is 6.47. The maximum Gasteiger partial charge on any atom is -0.0313 e. The molecule has 58 valence electrons. The molecule has 1 aliphatic rings. The van der Waals surface area contributed by atoms with Gasteiger partial charge in [0, 0.05) is 0 Å². The Balaban J connectivity index is 2.21. The summed E-state index contributed by atoms with van der Waals surface area (Å²) in [5, 5.41) is 1.54. The van der Waals surface area contributed by atoms with E-state index in [1.54, 1.807) is 5.06 Å². The van der Waals surface area contributed by atoms with Crippen molar-refractivity contribution in [3.8, 4) is 0 Å². The molecule has 0 amide bonds. The molecule has 0 aromatic rings. The van der Waals surface area contributed by atoms with Crippen LogP contribution in [0, 0.1) is 0 Å². The maximum absolute atomic E-state index is 4.08. The summed E-state index contributed by atoms with van der Waals surface area (Å²) < 4.78 is 0. The monoisotopic (exact) mass is 174 g/mol. The fourth-order valence-corrected chi connectivity index (χ4v) is 3.85. The molecule has 1 rings (SSSR count). The summed E-state index contributed by atoms with van der Waals surface area (Å²) in [6, 6.07) is 0. The Morgan fingerprint density at radius 3 is 1.90 bits per heavy atom. The molecule has 2 unspecified atom stereocenters. The minimum absolute atomic E-state index is 1.08. The fraction of sp³-hybridized carbons (Fsp3) is 0.750. The normalized spacial score (nSPS) is 27.8. The predicted molar refractivity (Wildman–Crippen MR) is 54.0 cm³/mol. The minimum Gasteiger partial charge on any atom is -0.0914 e. The SMILES string of the molecule is C=C1PCCCCCCP1. The van der Waals surface area contributed by atoms with Gasteiger partial charge in [0.2, 0.25) is 0 Å². The third-order valence-electron chi connectivity index (χ3n) is 1.78. The van der Waals surface area contributed by atoms with Crippen molar-refractivity contribution in [2.24, 2.45) is 0 Å². The average Bonchev–Trinajstić information content (AvgIpc) is 2.02. The highest BCUT2D eigenvalue weighted by Gasteiger charge is 1.98. The predicted octanol–water partition coefficient (Wildman–Crippen LogP) is 3.39. The molecule has 0 aromatic heterocycles. The van der Waals surface area contributed by atoms with Crippen molar-refractivity contribution >= 4 is 17.2 Å². The molecule has 1 heterocycles. The van der Waals surface area contributed by atoms with E-state index in [1.165, 1.54) is 38.0 Å². The van der Waals surface area contributed by atoms with E-state index in [4.69, 9.17) is 0 Å². The molecule has 2 heteroatoms. The maximum atomic E-state index is 4.08. The van der Waals surface area contributed by atoms with Crippen LogP contribution in [0.1, 0.15) is 25.7 Å². The molecule has 2 atom stereocenters. The lowest BCUT2D eigenvalue weighted by atomic mass is 10.2. The van der Waals surface area contributed by atoms with Gasteiger partial charge in [0.1, 0.15) is 0 Å². The first kappa shape index (κ1) is 8.69. The summed E-state index contributed by atoms with van der Waals surface area (Å²) in [4.78, 5) is 0. The van der Waals surface area contributed by atoms with E-state index in [-0.39, 0.29) is 0 Å². The molecular weight excluding hydrogens is 158 g/mol. The average molecular weight is 174 g/mol. The standard InChI is InChI=1S/C8H16P2/c1-8-9-6-4-2-3-5-7-10-8/h9-10H,1-7H2. The van der Waals surface area contributed by atoms with Gasteiger partial charge in [0.25, 0.3) is 0 Å². The van der Waals surface area contributed by atoms with Gasteiger partial charge >= 0.3 is 0 Å². The number of hydrogen-bond donors (Lipinski definition) is 0.